The summed E-state index contributed by atoms with van der Waals surface area (Å²) in [6.45, 7) is 0.350. The molecule has 0 unspecified atom stereocenters. The molecule has 6 nitrogen and oxygen atoms in total. The molecule has 0 saturated heterocycles. The van der Waals surface area contributed by atoms with Gasteiger partial charge in [-0.1, -0.05) is 30.3 Å². The number of pyridine rings is 2. The van der Waals surface area contributed by atoms with E-state index in [9.17, 15) is 9.18 Å². The van der Waals surface area contributed by atoms with Gasteiger partial charge in [-0.15, -0.1) is 0 Å². The van der Waals surface area contributed by atoms with Crippen LogP contribution in [0.5, 0.6) is 5.88 Å². The smallest absolute Gasteiger partial charge is 0.247 e. The number of hydrogen-bond donors (Lipinski definition) is 2. The third-order valence-corrected chi connectivity index (χ3v) is 4.98. The van der Waals surface area contributed by atoms with Crippen LogP contribution in [0.1, 0.15) is 5.56 Å². The average Bonchev–Trinajstić information content (AvgIpc) is 3.27. The molecule has 5 rings (SSSR count). The normalized spacial score (nSPS) is 11.0. The lowest BCUT2D eigenvalue weighted by Crippen LogP contribution is -2.02. The lowest BCUT2D eigenvalue weighted by molar-refractivity contribution is 0.294. The third-order valence-electron chi connectivity index (χ3n) is 4.98. The third kappa shape index (κ3) is 3.93. The van der Waals surface area contributed by atoms with E-state index in [0.29, 0.717) is 12.5 Å². The number of halogens is 1. The SMILES string of the molecule is O=c1ccc(-c2cn[nH]c2OCc2ccc(-c3ccc4cc(F)ccc4n3)cc2)c[nH]1. The van der Waals surface area contributed by atoms with Crippen LogP contribution in [0, 0.1) is 5.82 Å². The Morgan fingerprint density at radius 2 is 1.77 bits per heavy atom. The fourth-order valence-electron chi connectivity index (χ4n) is 3.35. The van der Waals surface area contributed by atoms with Crippen LogP contribution in [0.15, 0.2) is 83.9 Å². The van der Waals surface area contributed by atoms with Crippen LogP contribution in [0.25, 0.3) is 33.3 Å². The number of aromatic amines is 2. The van der Waals surface area contributed by atoms with Gasteiger partial charge in [0.2, 0.25) is 11.4 Å². The summed E-state index contributed by atoms with van der Waals surface area (Å²) >= 11 is 0. The quantitative estimate of drug-likeness (QED) is 0.438. The highest BCUT2D eigenvalue weighted by atomic mass is 19.1. The molecule has 0 saturated carbocycles. The summed E-state index contributed by atoms with van der Waals surface area (Å²) in [5, 5.41) is 7.66. The Hall–Kier alpha value is -4.26. The van der Waals surface area contributed by atoms with Crippen LogP contribution >= 0.6 is 0 Å². The predicted octanol–water partition coefficient (Wildman–Crippen LogP) is 4.70. The summed E-state index contributed by atoms with van der Waals surface area (Å²) in [5.41, 5.74) is 4.92. The van der Waals surface area contributed by atoms with Gasteiger partial charge < -0.3 is 9.72 Å². The van der Waals surface area contributed by atoms with Crippen molar-refractivity contribution in [3.8, 4) is 28.3 Å². The fourth-order valence-corrected chi connectivity index (χ4v) is 3.35. The van der Waals surface area contributed by atoms with Gasteiger partial charge in [-0.3, -0.25) is 4.79 Å². The second kappa shape index (κ2) is 7.87. The zero-order valence-corrected chi connectivity index (χ0v) is 16.3. The summed E-state index contributed by atoms with van der Waals surface area (Å²) in [6, 6.07) is 19.4. The first-order chi connectivity index (χ1) is 15.2. The summed E-state index contributed by atoms with van der Waals surface area (Å²) in [5.74, 6) is 0.256. The number of aromatic nitrogens is 4. The molecule has 0 bridgehead atoms. The molecule has 0 aliphatic carbocycles. The molecule has 2 aromatic carbocycles. The number of ether oxygens (including phenoxy) is 1. The minimum absolute atomic E-state index is 0.164. The Morgan fingerprint density at radius 1 is 0.935 bits per heavy atom. The number of nitrogens with zero attached hydrogens (tertiary/aromatic N) is 2. The van der Waals surface area contributed by atoms with Crippen LogP contribution in [0.2, 0.25) is 0 Å². The van der Waals surface area contributed by atoms with Crippen LogP contribution in [-0.4, -0.2) is 20.2 Å². The summed E-state index contributed by atoms with van der Waals surface area (Å²) in [6.07, 6.45) is 3.28. The topological polar surface area (TPSA) is 83.7 Å². The van der Waals surface area contributed by atoms with Crippen molar-refractivity contribution >= 4 is 10.9 Å². The van der Waals surface area contributed by atoms with Gasteiger partial charge in [0.05, 0.1) is 23.0 Å². The Morgan fingerprint density at radius 3 is 2.58 bits per heavy atom. The zero-order chi connectivity index (χ0) is 21.2. The molecule has 0 atom stereocenters. The van der Waals surface area contributed by atoms with E-state index in [1.54, 1.807) is 24.5 Å². The first kappa shape index (κ1) is 18.7. The Kier molecular flexibility index (Phi) is 4.76. The van der Waals surface area contributed by atoms with Crippen molar-refractivity contribution in [1.29, 1.82) is 0 Å². The van der Waals surface area contributed by atoms with Gasteiger partial charge in [0.15, 0.2) is 0 Å². The molecule has 0 spiro atoms. The number of benzene rings is 2. The van der Waals surface area contributed by atoms with E-state index in [0.717, 1.165) is 38.9 Å². The summed E-state index contributed by atoms with van der Waals surface area (Å²) in [4.78, 5) is 18.5. The highest BCUT2D eigenvalue weighted by Gasteiger charge is 2.10. The first-order valence-electron chi connectivity index (χ1n) is 9.67. The number of nitrogens with one attached hydrogen (secondary N) is 2. The van der Waals surface area contributed by atoms with Gasteiger partial charge in [-0.25, -0.2) is 14.5 Å². The Balaban J connectivity index is 1.31. The van der Waals surface area contributed by atoms with Crippen molar-refractivity contribution in [2.24, 2.45) is 0 Å². The second-order valence-electron chi connectivity index (χ2n) is 7.07. The van der Waals surface area contributed by atoms with E-state index in [-0.39, 0.29) is 11.4 Å². The van der Waals surface area contributed by atoms with Crippen molar-refractivity contribution in [2.75, 3.05) is 0 Å². The number of rotatable bonds is 5. The maximum atomic E-state index is 13.4. The van der Waals surface area contributed by atoms with Gasteiger partial charge in [0.25, 0.3) is 0 Å². The maximum absolute atomic E-state index is 13.4. The highest BCUT2D eigenvalue weighted by molar-refractivity contribution is 5.81. The standard InChI is InChI=1S/C24H17FN4O2/c25-19-7-9-22-17(11-19)5-8-21(28-22)16-3-1-15(2-4-16)14-31-24-20(13-27-29-24)18-6-10-23(30)26-12-18/h1-13H,14H2,(H,26,30)(H,27,29). The molecule has 31 heavy (non-hydrogen) atoms. The van der Waals surface area contributed by atoms with Crippen molar-refractivity contribution in [3.63, 3.8) is 0 Å². The number of H-pyrrole nitrogens is 2. The number of hydrogen-bond acceptors (Lipinski definition) is 4. The Bertz CT molecular complexity index is 1400. The lowest BCUT2D eigenvalue weighted by Gasteiger charge is -2.08. The molecule has 0 amide bonds. The molecular weight excluding hydrogens is 395 g/mol. The van der Waals surface area contributed by atoms with Crippen molar-refractivity contribution in [1.82, 2.24) is 20.2 Å². The van der Waals surface area contributed by atoms with E-state index in [1.807, 2.05) is 36.4 Å². The highest BCUT2D eigenvalue weighted by Crippen LogP contribution is 2.27. The first-order valence-corrected chi connectivity index (χ1v) is 9.67. The molecule has 5 aromatic rings. The summed E-state index contributed by atoms with van der Waals surface area (Å²) < 4.78 is 19.3. The summed E-state index contributed by atoms with van der Waals surface area (Å²) in [7, 11) is 0. The van der Waals surface area contributed by atoms with Crippen LogP contribution in [-0.2, 0) is 6.61 Å². The minimum Gasteiger partial charge on any atom is -0.473 e. The molecule has 152 valence electrons. The van der Waals surface area contributed by atoms with E-state index in [2.05, 4.69) is 20.2 Å². The average molecular weight is 412 g/mol. The van der Waals surface area contributed by atoms with Gasteiger partial charge in [0.1, 0.15) is 12.4 Å². The molecule has 0 aliphatic rings. The van der Waals surface area contributed by atoms with Gasteiger partial charge in [-0.2, -0.15) is 5.10 Å². The van der Waals surface area contributed by atoms with E-state index in [1.165, 1.54) is 18.2 Å². The zero-order valence-electron chi connectivity index (χ0n) is 16.3. The van der Waals surface area contributed by atoms with E-state index in [4.69, 9.17) is 4.74 Å². The van der Waals surface area contributed by atoms with Crippen LogP contribution in [0.3, 0.4) is 0 Å². The molecule has 2 N–H and O–H groups in total. The van der Waals surface area contributed by atoms with Crippen molar-refractivity contribution in [2.45, 2.75) is 6.61 Å². The van der Waals surface area contributed by atoms with Crippen molar-refractivity contribution < 1.29 is 9.13 Å². The monoisotopic (exact) mass is 412 g/mol. The molecule has 0 radical (unpaired) electrons. The van der Waals surface area contributed by atoms with Gasteiger partial charge in [0, 0.05) is 28.8 Å². The molecule has 3 heterocycles. The van der Waals surface area contributed by atoms with E-state index >= 15 is 0 Å². The molecule has 3 aromatic heterocycles. The Labute approximate surface area is 176 Å². The second-order valence-corrected chi connectivity index (χ2v) is 7.07. The van der Waals surface area contributed by atoms with Crippen molar-refractivity contribution in [3.05, 3.63) is 101 Å². The molecular formula is C24H17FN4O2. The van der Waals surface area contributed by atoms with Crippen LogP contribution < -0.4 is 10.3 Å². The lowest BCUT2D eigenvalue weighted by atomic mass is 10.1. The molecule has 0 aliphatic heterocycles. The minimum atomic E-state index is -0.271. The molecule has 0 fully saturated rings. The van der Waals surface area contributed by atoms with E-state index < -0.39 is 0 Å². The van der Waals surface area contributed by atoms with Gasteiger partial charge in [-0.05, 0) is 35.9 Å². The largest absolute Gasteiger partial charge is 0.473 e. The fraction of sp³-hybridized carbons (Fsp3) is 0.0417. The molecule has 7 heteroatoms. The number of fused-ring (bicyclic) bond motifs is 1. The van der Waals surface area contributed by atoms with Crippen LogP contribution in [0.4, 0.5) is 4.39 Å². The maximum Gasteiger partial charge on any atom is 0.247 e. The van der Waals surface area contributed by atoms with Gasteiger partial charge >= 0.3 is 0 Å². The predicted molar refractivity (Wildman–Crippen MR) is 116 cm³/mol.